The number of hydrogen-bond donors (Lipinski definition) is 1. The lowest BCUT2D eigenvalue weighted by molar-refractivity contribution is 0.0687. The summed E-state index contributed by atoms with van der Waals surface area (Å²) in [7, 11) is 0. The average Bonchev–Trinajstić information content (AvgIpc) is 3.32. The highest BCUT2D eigenvalue weighted by molar-refractivity contribution is 7.20. The smallest absolute Gasteiger partial charge is 0.281 e. The lowest BCUT2D eigenvalue weighted by atomic mass is 9.92. The van der Waals surface area contributed by atoms with Crippen LogP contribution in [0.4, 0.5) is 0 Å². The van der Waals surface area contributed by atoms with Crippen LogP contribution in [0.25, 0.3) is 21.3 Å². The number of nitrogens with zero attached hydrogens (tertiary/aromatic N) is 3. The molecule has 0 unspecified atom stereocenters. The minimum absolute atomic E-state index is 0. The van der Waals surface area contributed by atoms with E-state index in [4.69, 9.17) is 9.15 Å². The number of nitrogens with one attached hydrogen (secondary N) is 1. The van der Waals surface area contributed by atoms with Crippen LogP contribution in [0, 0.1) is 0 Å². The van der Waals surface area contributed by atoms with Crippen molar-refractivity contribution in [3.8, 4) is 10.9 Å². The molecule has 2 atom stereocenters. The Labute approximate surface area is 178 Å². The number of piperazine rings is 1. The second-order valence-corrected chi connectivity index (χ2v) is 8.58. The van der Waals surface area contributed by atoms with Crippen molar-refractivity contribution in [1.82, 2.24) is 20.2 Å². The van der Waals surface area contributed by atoms with Crippen molar-refractivity contribution in [3.05, 3.63) is 48.4 Å². The molecule has 3 fully saturated rings. The van der Waals surface area contributed by atoms with Gasteiger partial charge in [-0.05, 0) is 37.1 Å². The van der Waals surface area contributed by atoms with E-state index in [2.05, 4.69) is 26.3 Å². The molecule has 2 bridgehead atoms. The highest BCUT2D eigenvalue weighted by atomic mass is 35.5. The summed E-state index contributed by atoms with van der Waals surface area (Å²) in [6, 6.07) is 11.2. The van der Waals surface area contributed by atoms with Gasteiger partial charge in [-0.3, -0.25) is 4.90 Å². The maximum absolute atomic E-state index is 5.96. The minimum Gasteiger partial charge on any atom is -0.464 e. The van der Waals surface area contributed by atoms with Crippen LogP contribution in [0.1, 0.15) is 18.4 Å². The highest BCUT2D eigenvalue weighted by Gasteiger charge is 2.33. The molecule has 1 aromatic carbocycles. The summed E-state index contributed by atoms with van der Waals surface area (Å²) in [5, 5.41) is 5.37. The number of furan rings is 1. The standard InChI is InChI=1S/C21H20N4O2S.ClH/c1-2-19-20(22-7-1)24-21(28-19)27-16-5-6-17-13(12-26-18(17)8-16)10-25-11-14-3-4-15(25)9-23-14;/h1-2,5-8,12,14-15,23H,3-4,9-11H2;1H/t14-,15-;/m0./s1. The van der Waals surface area contributed by atoms with Gasteiger partial charge >= 0.3 is 0 Å². The van der Waals surface area contributed by atoms with Gasteiger partial charge in [0.25, 0.3) is 5.19 Å². The van der Waals surface area contributed by atoms with E-state index >= 15 is 0 Å². The Morgan fingerprint density at radius 1 is 1.28 bits per heavy atom. The summed E-state index contributed by atoms with van der Waals surface area (Å²) in [4.78, 5) is 11.3. The Kier molecular flexibility index (Phi) is 4.91. The predicted octanol–water partition coefficient (Wildman–Crippen LogP) is 4.59. The van der Waals surface area contributed by atoms with Crippen molar-refractivity contribution in [2.45, 2.75) is 31.5 Å². The van der Waals surface area contributed by atoms with Gasteiger partial charge in [0.1, 0.15) is 11.3 Å². The first-order valence-corrected chi connectivity index (χ1v) is 10.5. The Hall–Kier alpha value is -2.19. The summed E-state index contributed by atoms with van der Waals surface area (Å²) in [5.74, 6) is 0.730. The number of ether oxygens (including phenoxy) is 1. The minimum atomic E-state index is 0. The van der Waals surface area contributed by atoms with E-state index in [-0.39, 0.29) is 12.4 Å². The van der Waals surface area contributed by atoms with Gasteiger partial charge in [-0.2, -0.15) is 4.98 Å². The number of halogens is 1. The topological polar surface area (TPSA) is 63.4 Å². The molecule has 0 saturated carbocycles. The van der Waals surface area contributed by atoms with Crippen LogP contribution in [0.5, 0.6) is 10.9 Å². The summed E-state index contributed by atoms with van der Waals surface area (Å²) >= 11 is 1.49. The average molecular weight is 429 g/mol. The van der Waals surface area contributed by atoms with Crippen LogP contribution >= 0.6 is 23.7 Å². The zero-order chi connectivity index (χ0) is 18.5. The quantitative estimate of drug-likeness (QED) is 0.513. The normalized spacial score (nSPS) is 21.5. The molecule has 1 N–H and O–H groups in total. The molecule has 0 aliphatic carbocycles. The molecule has 3 aliphatic heterocycles. The number of piperidine rings is 2. The zero-order valence-electron chi connectivity index (χ0n) is 15.7. The molecule has 3 aliphatic rings. The van der Waals surface area contributed by atoms with Crippen molar-refractivity contribution in [2.24, 2.45) is 0 Å². The Morgan fingerprint density at radius 2 is 2.24 bits per heavy atom. The van der Waals surface area contributed by atoms with Gasteiger partial charge in [-0.25, -0.2) is 4.98 Å². The Bertz CT molecular complexity index is 1120. The van der Waals surface area contributed by atoms with Gasteiger partial charge in [-0.15, -0.1) is 12.4 Å². The third-order valence-electron chi connectivity index (χ3n) is 5.81. The molecular weight excluding hydrogens is 408 g/mol. The zero-order valence-corrected chi connectivity index (χ0v) is 17.3. The molecule has 3 saturated heterocycles. The van der Waals surface area contributed by atoms with Crippen molar-refractivity contribution in [1.29, 1.82) is 0 Å². The van der Waals surface area contributed by atoms with Gasteiger partial charge < -0.3 is 14.5 Å². The Morgan fingerprint density at radius 3 is 3.03 bits per heavy atom. The number of rotatable bonds is 4. The molecule has 7 rings (SSSR count). The van der Waals surface area contributed by atoms with Crippen LogP contribution in [-0.4, -0.2) is 40.0 Å². The molecule has 29 heavy (non-hydrogen) atoms. The predicted molar refractivity (Wildman–Crippen MR) is 116 cm³/mol. The van der Waals surface area contributed by atoms with Gasteiger partial charge in [0.15, 0.2) is 5.65 Å². The molecule has 0 amide bonds. The third-order valence-corrected chi connectivity index (χ3v) is 6.70. The SMILES string of the molecule is Cl.c1cnc2nc(Oc3ccc4c(CN5C[C@@H]6CC[C@H]5CN6)coc4c3)sc2c1. The summed E-state index contributed by atoms with van der Waals surface area (Å²) in [6.07, 6.45) is 6.23. The van der Waals surface area contributed by atoms with E-state index in [1.807, 2.05) is 30.5 Å². The maximum atomic E-state index is 5.96. The largest absolute Gasteiger partial charge is 0.464 e. The number of hydrogen-bond acceptors (Lipinski definition) is 7. The second kappa shape index (κ2) is 7.57. The fraction of sp³-hybridized carbons (Fsp3) is 0.333. The first-order chi connectivity index (χ1) is 13.8. The number of fused-ring (bicyclic) bond motifs is 5. The summed E-state index contributed by atoms with van der Waals surface area (Å²) < 4.78 is 12.8. The monoisotopic (exact) mass is 428 g/mol. The first kappa shape index (κ1) is 18.8. The molecule has 0 radical (unpaired) electrons. The van der Waals surface area contributed by atoms with E-state index in [0.29, 0.717) is 22.9 Å². The second-order valence-electron chi connectivity index (χ2n) is 7.59. The lowest BCUT2D eigenvalue weighted by Crippen LogP contribution is -2.60. The van der Waals surface area contributed by atoms with Gasteiger partial charge in [0, 0.05) is 54.9 Å². The number of benzene rings is 1. The van der Waals surface area contributed by atoms with Crippen molar-refractivity contribution in [2.75, 3.05) is 13.1 Å². The first-order valence-electron chi connectivity index (χ1n) is 9.69. The summed E-state index contributed by atoms with van der Waals surface area (Å²) in [6.45, 7) is 3.18. The number of pyridine rings is 1. The van der Waals surface area contributed by atoms with Crippen molar-refractivity contribution in [3.63, 3.8) is 0 Å². The number of aromatic nitrogens is 2. The molecule has 3 aromatic heterocycles. The van der Waals surface area contributed by atoms with Gasteiger partial charge in [-0.1, -0.05) is 11.3 Å². The van der Waals surface area contributed by atoms with Crippen LogP contribution in [0.15, 0.2) is 47.2 Å². The lowest BCUT2D eigenvalue weighted by Gasteiger charge is -2.45. The Balaban J connectivity index is 0.00000181. The van der Waals surface area contributed by atoms with Crippen LogP contribution < -0.4 is 10.1 Å². The maximum Gasteiger partial charge on any atom is 0.281 e. The fourth-order valence-electron chi connectivity index (χ4n) is 4.36. The molecule has 0 spiro atoms. The van der Waals surface area contributed by atoms with E-state index in [0.717, 1.165) is 41.1 Å². The van der Waals surface area contributed by atoms with E-state index < -0.39 is 0 Å². The van der Waals surface area contributed by atoms with Crippen LogP contribution in [0.3, 0.4) is 0 Å². The van der Waals surface area contributed by atoms with E-state index in [9.17, 15) is 0 Å². The highest BCUT2D eigenvalue weighted by Crippen LogP contribution is 2.33. The van der Waals surface area contributed by atoms with E-state index in [1.165, 1.54) is 29.7 Å². The molecule has 4 aromatic rings. The molecule has 6 nitrogen and oxygen atoms in total. The van der Waals surface area contributed by atoms with Gasteiger partial charge in [0.05, 0.1) is 11.0 Å². The van der Waals surface area contributed by atoms with Gasteiger partial charge in [0.2, 0.25) is 0 Å². The number of thiazole rings is 1. The third kappa shape index (κ3) is 3.48. The summed E-state index contributed by atoms with van der Waals surface area (Å²) in [5.41, 5.74) is 2.82. The molecular formula is C21H21ClN4O2S. The van der Waals surface area contributed by atoms with E-state index in [1.54, 1.807) is 6.20 Å². The molecule has 8 heteroatoms. The fourth-order valence-corrected chi connectivity index (χ4v) is 5.15. The van der Waals surface area contributed by atoms with Crippen LogP contribution in [0.2, 0.25) is 0 Å². The van der Waals surface area contributed by atoms with Crippen molar-refractivity contribution < 1.29 is 9.15 Å². The molecule has 6 heterocycles. The van der Waals surface area contributed by atoms with Crippen LogP contribution in [-0.2, 0) is 6.54 Å². The molecule has 150 valence electrons. The van der Waals surface area contributed by atoms with Crippen molar-refractivity contribution >= 4 is 45.1 Å².